The Morgan fingerprint density at radius 3 is 2.62 bits per heavy atom. The molecule has 5 nitrogen and oxygen atoms in total. The topological polar surface area (TPSA) is 51.5 Å². The number of aromatic nitrogens is 1. The molecule has 0 radical (unpaired) electrons. The lowest BCUT2D eigenvalue weighted by Gasteiger charge is -2.29. The zero-order valence-electron chi connectivity index (χ0n) is 14.5. The third-order valence-electron chi connectivity index (χ3n) is 4.55. The Balaban J connectivity index is 1.92. The molecule has 0 unspecified atom stereocenters. The average Bonchev–Trinajstić information content (AvgIpc) is 2.84. The molecule has 0 spiro atoms. The van der Waals surface area contributed by atoms with Crippen LogP contribution in [0.4, 0.5) is 5.69 Å². The highest BCUT2D eigenvalue weighted by Gasteiger charge is 2.28. The van der Waals surface area contributed by atoms with Gasteiger partial charge in [-0.15, -0.1) is 0 Å². The quantitative estimate of drug-likeness (QED) is 0.812. The van der Waals surface area contributed by atoms with Crippen LogP contribution in [-0.4, -0.2) is 29.4 Å². The maximum atomic E-state index is 12.8. The Hall–Kier alpha value is -2.56. The van der Waals surface area contributed by atoms with Gasteiger partial charge in [0.25, 0.3) is 5.91 Å². The number of ketones is 1. The van der Waals surface area contributed by atoms with Crippen molar-refractivity contribution < 1.29 is 14.3 Å². The molecule has 0 aliphatic carbocycles. The van der Waals surface area contributed by atoms with E-state index in [0.717, 1.165) is 23.5 Å². The van der Waals surface area contributed by atoms with E-state index in [-0.39, 0.29) is 24.8 Å². The second-order valence-electron chi connectivity index (χ2n) is 6.19. The number of hydrogen-bond acceptors (Lipinski definition) is 3. The number of carbonyl (C=O) groups is 2. The van der Waals surface area contributed by atoms with Crippen molar-refractivity contribution >= 4 is 17.4 Å². The summed E-state index contributed by atoms with van der Waals surface area (Å²) in [4.78, 5) is 26.6. The Morgan fingerprint density at radius 2 is 1.96 bits per heavy atom. The molecule has 1 aliphatic heterocycles. The molecule has 2 aromatic rings. The van der Waals surface area contributed by atoms with E-state index in [9.17, 15) is 9.59 Å². The molecule has 1 amide bonds. The number of Topliss-reactive ketones (excluding diaryl/α,β-unsaturated/α-hetero) is 1. The van der Waals surface area contributed by atoms with Gasteiger partial charge in [0.05, 0.1) is 12.2 Å². The van der Waals surface area contributed by atoms with E-state index < -0.39 is 0 Å². The first-order chi connectivity index (χ1) is 11.4. The predicted molar refractivity (Wildman–Crippen MR) is 92.9 cm³/mol. The fraction of sp³-hybridized carbons (Fsp3) is 0.368. The minimum Gasteiger partial charge on any atom is -0.482 e. The van der Waals surface area contributed by atoms with Crippen LogP contribution in [0, 0.1) is 20.8 Å². The normalized spacial score (nSPS) is 13.7. The van der Waals surface area contributed by atoms with E-state index >= 15 is 0 Å². The first kappa shape index (κ1) is 16.3. The summed E-state index contributed by atoms with van der Waals surface area (Å²) in [7, 11) is 0. The van der Waals surface area contributed by atoms with Gasteiger partial charge in [-0.1, -0.05) is 6.07 Å². The lowest BCUT2D eigenvalue weighted by atomic mass is 10.1. The molecule has 0 bridgehead atoms. The summed E-state index contributed by atoms with van der Waals surface area (Å²) in [5.74, 6) is 0.406. The minimum absolute atomic E-state index is 0.0304. The summed E-state index contributed by atoms with van der Waals surface area (Å²) in [6.45, 7) is 8.77. The third kappa shape index (κ3) is 2.70. The first-order valence-corrected chi connectivity index (χ1v) is 8.16. The van der Waals surface area contributed by atoms with Crippen molar-refractivity contribution in [3.63, 3.8) is 0 Å². The number of rotatable bonds is 4. The lowest BCUT2D eigenvalue weighted by molar-refractivity contribution is -0.121. The van der Waals surface area contributed by atoms with Crippen LogP contribution in [0.15, 0.2) is 24.3 Å². The van der Waals surface area contributed by atoms with Crippen molar-refractivity contribution in [3.05, 3.63) is 46.8 Å². The van der Waals surface area contributed by atoms with Gasteiger partial charge in [0.2, 0.25) is 0 Å². The van der Waals surface area contributed by atoms with Crippen molar-refractivity contribution in [1.82, 2.24) is 4.57 Å². The van der Waals surface area contributed by atoms with Gasteiger partial charge in [-0.3, -0.25) is 14.5 Å². The van der Waals surface area contributed by atoms with Crippen molar-refractivity contribution in [2.75, 3.05) is 18.1 Å². The molecule has 24 heavy (non-hydrogen) atoms. The number of fused-ring (bicyclic) bond motifs is 1. The van der Waals surface area contributed by atoms with Crippen LogP contribution in [0.1, 0.15) is 34.2 Å². The highest BCUT2D eigenvalue weighted by molar-refractivity contribution is 6.07. The van der Waals surface area contributed by atoms with Gasteiger partial charge in [0, 0.05) is 23.5 Å². The van der Waals surface area contributed by atoms with E-state index in [1.165, 1.54) is 4.90 Å². The van der Waals surface area contributed by atoms with E-state index in [1.54, 1.807) is 0 Å². The van der Waals surface area contributed by atoms with Gasteiger partial charge < -0.3 is 9.30 Å². The number of anilines is 1. The molecule has 1 aliphatic rings. The molecule has 0 atom stereocenters. The fourth-order valence-electron chi connectivity index (χ4n) is 3.28. The Morgan fingerprint density at radius 1 is 1.21 bits per heavy atom. The summed E-state index contributed by atoms with van der Waals surface area (Å²) >= 11 is 0. The van der Waals surface area contributed by atoms with Gasteiger partial charge in [0.15, 0.2) is 12.4 Å². The lowest BCUT2D eigenvalue weighted by Crippen LogP contribution is -2.42. The van der Waals surface area contributed by atoms with Gasteiger partial charge in [-0.25, -0.2) is 0 Å². The molecular weight excluding hydrogens is 304 g/mol. The fourth-order valence-corrected chi connectivity index (χ4v) is 3.28. The molecule has 2 heterocycles. The van der Waals surface area contributed by atoms with Crippen molar-refractivity contribution in [1.29, 1.82) is 0 Å². The Labute approximate surface area is 141 Å². The highest BCUT2D eigenvalue weighted by Crippen LogP contribution is 2.33. The summed E-state index contributed by atoms with van der Waals surface area (Å²) in [6.07, 6.45) is 0. The Kier molecular flexibility index (Phi) is 4.18. The average molecular weight is 326 g/mol. The number of aryl methyl sites for hydroxylation is 2. The standard InChI is InChI=1S/C19H22N2O3/c1-5-20-13(3)9-15(14(20)4)17(22)10-21-16-8-12(2)6-7-18(16)24-11-19(21)23/h6-9H,5,10-11H2,1-4H3. The van der Waals surface area contributed by atoms with Crippen molar-refractivity contribution in [2.24, 2.45) is 0 Å². The molecule has 3 rings (SSSR count). The second-order valence-corrected chi connectivity index (χ2v) is 6.19. The number of carbonyl (C=O) groups excluding carboxylic acids is 2. The third-order valence-corrected chi connectivity index (χ3v) is 4.55. The molecule has 5 heteroatoms. The zero-order valence-corrected chi connectivity index (χ0v) is 14.5. The SMILES string of the molecule is CCn1c(C)cc(C(=O)CN2C(=O)COc3ccc(C)cc32)c1C. The maximum absolute atomic E-state index is 12.8. The van der Waals surface area contributed by atoms with E-state index in [1.807, 2.05) is 45.0 Å². The van der Waals surface area contributed by atoms with Gasteiger partial charge in [-0.05, 0) is 51.5 Å². The van der Waals surface area contributed by atoms with Crippen LogP contribution >= 0.6 is 0 Å². The molecule has 1 aromatic carbocycles. The number of hydrogen-bond donors (Lipinski definition) is 0. The van der Waals surface area contributed by atoms with Gasteiger partial charge in [-0.2, -0.15) is 0 Å². The predicted octanol–water partition coefficient (Wildman–Crippen LogP) is 3.04. The highest BCUT2D eigenvalue weighted by atomic mass is 16.5. The largest absolute Gasteiger partial charge is 0.482 e. The molecule has 0 saturated heterocycles. The summed E-state index contributed by atoms with van der Waals surface area (Å²) in [5.41, 5.74) is 4.38. The monoisotopic (exact) mass is 326 g/mol. The van der Waals surface area contributed by atoms with Crippen molar-refractivity contribution in [3.8, 4) is 5.75 Å². The van der Waals surface area contributed by atoms with Crippen LogP contribution < -0.4 is 9.64 Å². The van der Waals surface area contributed by atoms with Crippen molar-refractivity contribution in [2.45, 2.75) is 34.2 Å². The number of nitrogens with zero attached hydrogens (tertiary/aromatic N) is 2. The zero-order chi connectivity index (χ0) is 17.4. The summed E-state index contributed by atoms with van der Waals surface area (Å²) in [5, 5.41) is 0. The van der Waals surface area contributed by atoms with Crippen LogP contribution in [0.2, 0.25) is 0 Å². The maximum Gasteiger partial charge on any atom is 0.265 e. The minimum atomic E-state index is -0.189. The number of benzene rings is 1. The van der Waals surface area contributed by atoms with Crippen LogP contribution in [0.3, 0.4) is 0 Å². The van der Waals surface area contributed by atoms with Gasteiger partial charge >= 0.3 is 0 Å². The van der Waals surface area contributed by atoms with E-state index in [4.69, 9.17) is 4.74 Å². The number of amides is 1. The molecule has 1 aromatic heterocycles. The van der Waals surface area contributed by atoms with Gasteiger partial charge in [0.1, 0.15) is 5.75 Å². The molecule has 0 N–H and O–H groups in total. The Bertz CT molecular complexity index is 820. The molecule has 0 fully saturated rings. The second kappa shape index (κ2) is 6.15. The van der Waals surface area contributed by atoms with Crippen LogP contribution in [0.25, 0.3) is 0 Å². The van der Waals surface area contributed by atoms with E-state index in [0.29, 0.717) is 17.0 Å². The molecule has 126 valence electrons. The molecule has 0 saturated carbocycles. The smallest absolute Gasteiger partial charge is 0.265 e. The van der Waals surface area contributed by atoms with E-state index in [2.05, 4.69) is 11.5 Å². The summed E-state index contributed by atoms with van der Waals surface area (Å²) in [6, 6.07) is 7.57. The molecular formula is C19H22N2O3. The van der Waals surface area contributed by atoms with Crippen LogP contribution in [-0.2, 0) is 11.3 Å². The first-order valence-electron chi connectivity index (χ1n) is 8.16. The summed E-state index contributed by atoms with van der Waals surface area (Å²) < 4.78 is 7.57. The van der Waals surface area contributed by atoms with Crippen LogP contribution in [0.5, 0.6) is 5.75 Å². The number of ether oxygens (including phenoxy) is 1.